The average molecular weight is 333 g/mol. The van der Waals surface area contributed by atoms with Crippen molar-refractivity contribution in [3.05, 3.63) is 48.3 Å². The van der Waals surface area contributed by atoms with Crippen LogP contribution in [0, 0.1) is 0 Å². The molecule has 2 rings (SSSR count). The maximum atomic E-state index is 12.0. The highest BCUT2D eigenvalue weighted by Crippen LogP contribution is 2.01. The van der Waals surface area contributed by atoms with Gasteiger partial charge in [-0.3, -0.25) is 14.4 Å². The molecule has 0 saturated carbocycles. The molecule has 0 aromatic carbocycles. The third-order valence-electron chi connectivity index (χ3n) is 3.25. The lowest BCUT2D eigenvalue weighted by Crippen LogP contribution is -2.51. The van der Waals surface area contributed by atoms with Crippen LogP contribution in [0.5, 0.6) is 0 Å². The molecule has 2 aromatic rings. The molecule has 0 fully saturated rings. The molecule has 8 nitrogen and oxygen atoms in total. The zero-order valence-electron chi connectivity index (χ0n) is 13.4. The van der Waals surface area contributed by atoms with Crippen molar-refractivity contribution >= 4 is 17.7 Å². The fraction of sp³-hybridized carbons (Fsp3) is 0.312. The molecule has 2 unspecified atom stereocenters. The maximum absolute atomic E-state index is 12.0. The first-order valence-corrected chi connectivity index (χ1v) is 7.42. The minimum Gasteiger partial charge on any atom is -0.467 e. The first kappa shape index (κ1) is 17.3. The second-order valence-electron chi connectivity index (χ2n) is 5.20. The van der Waals surface area contributed by atoms with E-state index in [1.165, 1.54) is 25.5 Å². The SMILES string of the molecule is CC(NC(=O)c1ccco1)C(=O)NC(C)C(=O)NCc1ccco1. The molecule has 0 bridgehead atoms. The minimum absolute atomic E-state index is 0.110. The van der Waals surface area contributed by atoms with Crippen LogP contribution in [0.1, 0.15) is 30.2 Å². The third-order valence-corrected chi connectivity index (χ3v) is 3.25. The van der Waals surface area contributed by atoms with Gasteiger partial charge in [-0.05, 0) is 38.1 Å². The number of carbonyl (C=O) groups is 3. The zero-order valence-corrected chi connectivity index (χ0v) is 13.4. The van der Waals surface area contributed by atoms with Crippen molar-refractivity contribution in [1.29, 1.82) is 0 Å². The molecular weight excluding hydrogens is 314 g/mol. The molecule has 128 valence electrons. The largest absolute Gasteiger partial charge is 0.467 e. The molecule has 0 aliphatic heterocycles. The van der Waals surface area contributed by atoms with E-state index in [2.05, 4.69) is 16.0 Å². The molecule has 0 radical (unpaired) electrons. The highest BCUT2D eigenvalue weighted by atomic mass is 16.3. The molecule has 3 amide bonds. The van der Waals surface area contributed by atoms with Crippen LogP contribution in [0.25, 0.3) is 0 Å². The van der Waals surface area contributed by atoms with E-state index in [-0.39, 0.29) is 18.2 Å². The van der Waals surface area contributed by atoms with E-state index in [4.69, 9.17) is 8.83 Å². The molecule has 3 N–H and O–H groups in total. The van der Waals surface area contributed by atoms with Gasteiger partial charge in [0.1, 0.15) is 17.8 Å². The molecule has 0 spiro atoms. The van der Waals surface area contributed by atoms with Gasteiger partial charge in [0.15, 0.2) is 5.76 Å². The number of hydrogen-bond donors (Lipinski definition) is 3. The van der Waals surface area contributed by atoms with Gasteiger partial charge in [-0.15, -0.1) is 0 Å². The lowest BCUT2D eigenvalue weighted by molar-refractivity contribution is -0.129. The van der Waals surface area contributed by atoms with Crippen LogP contribution in [0.4, 0.5) is 0 Å². The molecule has 0 aliphatic carbocycles. The lowest BCUT2D eigenvalue weighted by Gasteiger charge is -2.17. The van der Waals surface area contributed by atoms with E-state index in [0.29, 0.717) is 5.76 Å². The summed E-state index contributed by atoms with van der Waals surface area (Å²) in [5, 5.41) is 7.67. The molecule has 24 heavy (non-hydrogen) atoms. The fourth-order valence-corrected chi connectivity index (χ4v) is 1.89. The molecule has 8 heteroatoms. The highest BCUT2D eigenvalue weighted by Gasteiger charge is 2.22. The van der Waals surface area contributed by atoms with Crippen molar-refractivity contribution in [3.8, 4) is 0 Å². The Hall–Kier alpha value is -3.03. The summed E-state index contributed by atoms with van der Waals surface area (Å²) in [6, 6.07) is 4.94. The number of furan rings is 2. The summed E-state index contributed by atoms with van der Waals surface area (Å²) < 4.78 is 10.0. The minimum atomic E-state index is -0.817. The van der Waals surface area contributed by atoms with Crippen molar-refractivity contribution in [2.75, 3.05) is 0 Å². The summed E-state index contributed by atoms with van der Waals surface area (Å²) in [5.41, 5.74) is 0. The van der Waals surface area contributed by atoms with E-state index in [0.717, 1.165) is 0 Å². The van der Waals surface area contributed by atoms with Gasteiger partial charge in [0.05, 0.1) is 19.1 Å². The summed E-state index contributed by atoms with van der Waals surface area (Å²) >= 11 is 0. The van der Waals surface area contributed by atoms with Crippen LogP contribution in [-0.2, 0) is 16.1 Å². The quantitative estimate of drug-likeness (QED) is 0.694. The second kappa shape index (κ2) is 8.00. The van der Waals surface area contributed by atoms with Gasteiger partial charge < -0.3 is 24.8 Å². The normalized spacial score (nSPS) is 12.9. The monoisotopic (exact) mass is 333 g/mol. The number of rotatable bonds is 7. The number of hydrogen-bond acceptors (Lipinski definition) is 5. The van der Waals surface area contributed by atoms with Crippen LogP contribution >= 0.6 is 0 Å². The predicted molar refractivity (Wildman–Crippen MR) is 83.8 cm³/mol. The van der Waals surface area contributed by atoms with Crippen molar-refractivity contribution in [3.63, 3.8) is 0 Å². The van der Waals surface area contributed by atoms with Gasteiger partial charge in [-0.25, -0.2) is 0 Å². The van der Waals surface area contributed by atoms with Crippen LogP contribution in [0.3, 0.4) is 0 Å². The Morgan fingerprint density at radius 2 is 1.62 bits per heavy atom. The Balaban J connectivity index is 1.77. The Bertz CT molecular complexity index is 679. The summed E-state index contributed by atoms with van der Waals surface area (Å²) in [4.78, 5) is 35.8. The lowest BCUT2D eigenvalue weighted by atomic mass is 10.2. The Kier molecular flexibility index (Phi) is 5.78. The van der Waals surface area contributed by atoms with Crippen molar-refractivity contribution in [2.45, 2.75) is 32.5 Å². The average Bonchev–Trinajstić information content (AvgIpc) is 3.25. The van der Waals surface area contributed by atoms with Gasteiger partial charge in [0.2, 0.25) is 11.8 Å². The smallest absolute Gasteiger partial charge is 0.287 e. The van der Waals surface area contributed by atoms with Crippen molar-refractivity contribution < 1.29 is 23.2 Å². The Morgan fingerprint density at radius 1 is 0.958 bits per heavy atom. The number of carbonyl (C=O) groups excluding carboxylic acids is 3. The van der Waals surface area contributed by atoms with Gasteiger partial charge in [-0.1, -0.05) is 0 Å². The van der Waals surface area contributed by atoms with Crippen LogP contribution < -0.4 is 16.0 Å². The highest BCUT2D eigenvalue weighted by molar-refractivity contribution is 5.96. The second-order valence-corrected chi connectivity index (χ2v) is 5.20. The number of nitrogens with one attached hydrogen (secondary N) is 3. The Morgan fingerprint density at radius 3 is 2.25 bits per heavy atom. The molecule has 2 heterocycles. The van der Waals surface area contributed by atoms with E-state index in [1.807, 2.05) is 0 Å². The summed E-state index contributed by atoms with van der Waals surface area (Å²) in [6.45, 7) is 3.30. The molecule has 2 atom stereocenters. The summed E-state index contributed by atoms with van der Waals surface area (Å²) in [5.74, 6) is -0.614. The van der Waals surface area contributed by atoms with E-state index < -0.39 is 23.9 Å². The topological polar surface area (TPSA) is 114 Å². The van der Waals surface area contributed by atoms with E-state index >= 15 is 0 Å². The van der Waals surface area contributed by atoms with Crippen LogP contribution in [0.15, 0.2) is 45.6 Å². The Labute approximate surface area is 138 Å². The van der Waals surface area contributed by atoms with Crippen LogP contribution in [0.2, 0.25) is 0 Å². The third kappa shape index (κ3) is 4.73. The molecule has 0 aliphatic rings. The van der Waals surface area contributed by atoms with Gasteiger partial charge >= 0.3 is 0 Å². The van der Waals surface area contributed by atoms with Gasteiger partial charge in [0.25, 0.3) is 5.91 Å². The van der Waals surface area contributed by atoms with Crippen molar-refractivity contribution in [2.24, 2.45) is 0 Å². The molecular formula is C16H19N3O5. The van der Waals surface area contributed by atoms with Crippen molar-refractivity contribution in [1.82, 2.24) is 16.0 Å². The van der Waals surface area contributed by atoms with Gasteiger partial charge in [0, 0.05) is 0 Å². The standard InChI is InChI=1S/C16H19N3O5/c1-10(14(20)17-9-12-5-3-7-23-12)18-15(21)11(2)19-16(22)13-6-4-8-24-13/h3-8,10-11H,9H2,1-2H3,(H,17,20)(H,18,21)(H,19,22). The zero-order chi connectivity index (χ0) is 17.5. The summed E-state index contributed by atoms with van der Waals surface area (Å²) in [6.07, 6.45) is 2.88. The summed E-state index contributed by atoms with van der Waals surface area (Å²) in [7, 11) is 0. The predicted octanol–water partition coefficient (Wildman–Crippen LogP) is 0.812. The fourth-order valence-electron chi connectivity index (χ4n) is 1.89. The molecule has 2 aromatic heterocycles. The van der Waals surface area contributed by atoms with Gasteiger partial charge in [-0.2, -0.15) is 0 Å². The maximum Gasteiger partial charge on any atom is 0.287 e. The molecule has 0 saturated heterocycles. The van der Waals surface area contributed by atoms with Crippen LogP contribution in [-0.4, -0.2) is 29.8 Å². The van der Waals surface area contributed by atoms with E-state index in [9.17, 15) is 14.4 Å². The first-order valence-electron chi connectivity index (χ1n) is 7.42. The van der Waals surface area contributed by atoms with E-state index in [1.54, 1.807) is 25.1 Å². The first-order chi connectivity index (χ1) is 11.5. The number of amides is 3.